The standard InChI is InChI=1S/C10H8N2S/c13-10-6-9(11-7-12-10)8-4-2-1-3-5-8/h1-7H,(H,11,12,13). The second-order valence-corrected chi connectivity index (χ2v) is 3.08. The molecule has 0 atom stereocenters. The minimum atomic E-state index is 0.609. The van der Waals surface area contributed by atoms with Gasteiger partial charge in [-0.2, -0.15) is 0 Å². The fourth-order valence-corrected chi connectivity index (χ4v) is 1.32. The zero-order valence-electron chi connectivity index (χ0n) is 6.90. The number of H-pyrrole nitrogens is 1. The molecule has 1 heterocycles. The van der Waals surface area contributed by atoms with Crippen molar-refractivity contribution in [1.82, 2.24) is 9.97 Å². The first-order valence-electron chi connectivity index (χ1n) is 3.96. The monoisotopic (exact) mass is 188 g/mol. The summed E-state index contributed by atoms with van der Waals surface area (Å²) in [6.45, 7) is 0. The van der Waals surface area contributed by atoms with Gasteiger partial charge in [-0.1, -0.05) is 42.5 Å². The molecule has 1 N–H and O–H groups in total. The minimum Gasteiger partial charge on any atom is -0.346 e. The third-order valence-electron chi connectivity index (χ3n) is 1.76. The molecule has 1 aromatic carbocycles. The van der Waals surface area contributed by atoms with Crippen LogP contribution in [0.5, 0.6) is 0 Å². The molecule has 0 unspecified atom stereocenters. The zero-order valence-corrected chi connectivity index (χ0v) is 7.71. The molecule has 0 bridgehead atoms. The van der Waals surface area contributed by atoms with Crippen molar-refractivity contribution in [1.29, 1.82) is 0 Å². The molecule has 2 aromatic rings. The van der Waals surface area contributed by atoms with Crippen molar-refractivity contribution >= 4 is 12.2 Å². The molecule has 0 saturated carbocycles. The van der Waals surface area contributed by atoms with Gasteiger partial charge in [-0.15, -0.1) is 0 Å². The Balaban J connectivity index is 2.54. The van der Waals surface area contributed by atoms with E-state index >= 15 is 0 Å². The van der Waals surface area contributed by atoms with Gasteiger partial charge in [0.05, 0.1) is 6.33 Å². The summed E-state index contributed by atoms with van der Waals surface area (Å²) in [5, 5.41) is 0. The van der Waals surface area contributed by atoms with Gasteiger partial charge in [0.25, 0.3) is 0 Å². The highest BCUT2D eigenvalue weighted by Crippen LogP contribution is 2.14. The van der Waals surface area contributed by atoms with Crippen LogP contribution in [0.2, 0.25) is 0 Å². The molecular weight excluding hydrogens is 180 g/mol. The molecule has 0 radical (unpaired) electrons. The zero-order chi connectivity index (χ0) is 9.10. The first kappa shape index (κ1) is 8.13. The van der Waals surface area contributed by atoms with Gasteiger partial charge >= 0.3 is 0 Å². The van der Waals surface area contributed by atoms with E-state index in [9.17, 15) is 0 Å². The number of rotatable bonds is 1. The molecule has 3 heteroatoms. The highest BCUT2D eigenvalue weighted by atomic mass is 32.1. The average molecular weight is 188 g/mol. The number of nitrogens with one attached hydrogen (secondary N) is 1. The number of aromatic amines is 1. The molecule has 0 aliphatic heterocycles. The summed E-state index contributed by atoms with van der Waals surface area (Å²) < 4.78 is 0.609. The fourth-order valence-electron chi connectivity index (χ4n) is 1.15. The van der Waals surface area contributed by atoms with Crippen molar-refractivity contribution in [2.24, 2.45) is 0 Å². The van der Waals surface area contributed by atoms with E-state index in [-0.39, 0.29) is 0 Å². The Morgan fingerprint density at radius 2 is 1.92 bits per heavy atom. The number of benzene rings is 1. The summed E-state index contributed by atoms with van der Waals surface area (Å²) in [7, 11) is 0. The smallest absolute Gasteiger partial charge is 0.130 e. The van der Waals surface area contributed by atoms with Crippen molar-refractivity contribution in [3.8, 4) is 11.3 Å². The normalized spacial score (nSPS) is 9.85. The fraction of sp³-hybridized carbons (Fsp3) is 0. The van der Waals surface area contributed by atoms with E-state index in [1.807, 2.05) is 36.4 Å². The van der Waals surface area contributed by atoms with Crippen LogP contribution in [0.3, 0.4) is 0 Å². The summed E-state index contributed by atoms with van der Waals surface area (Å²) in [5.41, 5.74) is 2.12. The van der Waals surface area contributed by atoms with Crippen LogP contribution in [0.25, 0.3) is 11.3 Å². The third kappa shape index (κ3) is 1.81. The van der Waals surface area contributed by atoms with Crippen LogP contribution in [0.1, 0.15) is 0 Å². The Morgan fingerprint density at radius 3 is 2.62 bits per heavy atom. The molecule has 0 saturated heterocycles. The van der Waals surface area contributed by atoms with Crippen molar-refractivity contribution in [2.75, 3.05) is 0 Å². The first-order chi connectivity index (χ1) is 6.36. The SMILES string of the molecule is S=c1cc(-c2ccccc2)[nH]cn1. The van der Waals surface area contributed by atoms with Gasteiger partial charge in [-0.3, -0.25) is 0 Å². The van der Waals surface area contributed by atoms with Crippen LogP contribution in [-0.4, -0.2) is 9.97 Å². The molecule has 2 rings (SSSR count). The molecule has 1 aromatic heterocycles. The van der Waals surface area contributed by atoms with Gasteiger partial charge < -0.3 is 4.98 Å². The number of hydrogen-bond donors (Lipinski definition) is 1. The van der Waals surface area contributed by atoms with Crippen LogP contribution in [0.4, 0.5) is 0 Å². The first-order valence-corrected chi connectivity index (χ1v) is 4.37. The second-order valence-electron chi connectivity index (χ2n) is 2.66. The van der Waals surface area contributed by atoms with Gasteiger partial charge in [0.15, 0.2) is 0 Å². The predicted molar refractivity (Wildman–Crippen MR) is 54.9 cm³/mol. The molecule has 0 fully saturated rings. The average Bonchev–Trinajstić information content (AvgIpc) is 2.19. The van der Waals surface area contributed by atoms with Gasteiger partial charge in [0.2, 0.25) is 0 Å². The van der Waals surface area contributed by atoms with E-state index in [4.69, 9.17) is 12.2 Å². The van der Waals surface area contributed by atoms with E-state index in [0.717, 1.165) is 11.3 Å². The summed E-state index contributed by atoms with van der Waals surface area (Å²) in [6, 6.07) is 11.9. The Bertz CT molecular complexity index is 448. The van der Waals surface area contributed by atoms with Crippen LogP contribution >= 0.6 is 12.2 Å². The van der Waals surface area contributed by atoms with Crippen molar-refractivity contribution in [2.45, 2.75) is 0 Å². The summed E-state index contributed by atoms with van der Waals surface area (Å²) in [5.74, 6) is 0. The van der Waals surface area contributed by atoms with Gasteiger partial charge in [-0.05, 0) is 11.6 Å². The number of hydrogen-bond acceptors (Lipinski definition) is 2. The van der Waals surface area contributed by atoms with Crippen molar-refractivity contribution < 1.29 is 0 Å². The van der Waals surface area contributed by atoms with E-state index in [0.29, 0.717) is 4.64 Å². The second kappa shape index (κ2) is 3.49. The summed E-state index contributed by atoms with van der Waals surface area (Å²) in [6.07, 6.45) is 1.62. The van der Waals surface area contributed by atoms with E-state index in [1.165, 1.54) is 0 Å². The Kier molecular flexibility index (Phi) is 2.19. The topological polar surface area (TPSA) is 28.7 Å². The lowest BCUT2D eigenvalue weighted by Gasteiger charge is -1.99. The number of nitrogens with zero attached hydrogens (tertiary/aromatic N) is 1. The van der Waals surface area contributed by atoms with Crippen LogP contribution in [0.15, 0.2) is 42.7 Å². The highest BCUT2D eigenvalue weighted by molar-refractivity contribution is 7.71. The molecule has 2 nitrogen and oxygen atoms in total. The van der Waals surface area contributed by atoms with Crippen LogP contribution in [0, 0.1) is 4.64 Å². The molecule has 13 heavy (non-hydrogen) atoms. The molecule has 0 amide bonds. The van der Waals surface area contributed by atoms with E-state index < -0.39 is 0 Å². The van der Waals surface area contributed by atoms with Crippen LogP contribution < -0.4 is 0 Å². The van der Waals surface area contributed by atoms with Gasteiger partial charge in [0, 0.05) is 5.69 Å². The molecule has 64 valence electrons. The Hall–Kier alpha value is -1.48. The maximum absolute atomic E-state index is 4.97. The van der Waals surface area contributed by atoms with E-state index in [1.54, 1.807) is 6.33 Å². The summed E-state index contributed by atoms with van der Waals surface area (Å²) in [4.78, 5) is 6.97. The minimum absolute atomic E-state index is 0.609. The third-order valence-corrected chi connectivity index (χ3v) is 1.99. The Morgan fingerprint density at radius 1 is 1.15 bits per heavy atom. The van der Waals surface area contributed by atoms with Crippen LogP contribution in [-0.2, 0) is 0 Å². The lowest BCUT2D eigenvalue weighted by Crippen LogP contribution is -1.84. The molecule has 0 aliphatic carbocycles. The Labute approximate surface area is 81.3 Å². The largest absolute Gasteiger partial charge is 0.346 e. The lowest BCUT2D eigenvalue weighted by molar-refractivity contribution is 1.16. The molecule has 0 aliphatic rings. The lowest BCUT2D eigenvalue weighted by atomic mass is 10.1. The van der Waals surface area contributed by atoms with E-state index in [2.05, 4.69) is 9.97 Å². The maximum Gasteiger partial charge on any atom is 0.130 e. The molecule has 0 spiro atoms. The number of aromatic nitrogens is 2. The predicted octanol–water partition coefficient (Wildman–Crippen LogP) is 2.81. The maximum atomic E-state index is 4.97. The quantitative estimate of drug-likeness (QED) is 0.697. The summed E-state index contributed by atoms with van der Waals surface area (Å²) >= 11 is 4.97. The highest BCUT2D eigenvalue weighted by Gasteiger charge is 1.94. The van der Waals surface area contributed by atoms with Crippen molar-refractivity contribution in [3.05, 3.63) is 47.4 Å². The van der Waals surface area contributed by atoms with Gasteiger partial charge in [0.1, 0.15) is 4.64 Å². The molecular formula is C10H8N2S. The van der Waals surface area contributed by atoms with Crippen molar-refractivity contribution in [3.63, 3.8) is 0 Å². The van der Waals surface area contributed by atoms with Gasteiger partial charge in [-0.25, -0.2) is 4.98 Å².